The molecule has 0 saturated heterocycles. The molecular weight excluding hydrogens is 240 g/mol. The van der Waals surface area contributed by atoms with Crippen molar-refractivity contribution in [3.05, 3.63) is 67.5 Å². The number of aromatic amines is 1. The van der Waals surface area contributed by atoms with Crippen LogP contribution in [-0.4, -0.2) is 9.55 Å². The van der Waals surface area contributed by atoms with Gasteiger partial charge in [-0.25, -0.2) is 4.79 Å². The number of hydrogen-bond donors (Lipinski definition) is 1. The second-order valence-electron chi connectivity index (χ2n) is 4.77. The molecule has 1 heterocycles. The third-order valence-corrected chi connectivity index (χ3v) is 3.44. The van der Waals surface area contributed by atoms with Crippen molar-refractivity contribution in [2.24, 2.45) is 0 Å². The van der Waals surface area contributed by atoms with Gasteiger partial charge in [-0.3, -0.25) is 14.3 Å². The lowest BCUT2D eigenvalue weighted by Crippen LogP contribution is -2.32. The summed E-state index contributed by atoms with van der Waals surface area (Å²) in [7, 11) is 0. The van der Waals surface area contributed by atoms with Crippen LogP contribution in [0.25, 0.3) is 0 Å². The number of nitrogens with zero attached hydrogens (tertiary/aromatic N) is 1. The maximum atomic E-state index is 11.8. The summed E-state index contributed by atoms with van der Waals surface area (Å²) in [6, 6.07) is 6.06. The van der Waals surface area contributed by atoms with Crippen LogP contribution in [-0.2, 0) is 13.0 Å². The molecule has 0 fully saturated rings. The molecule has 2 rings (SSSR count). The molecule has 0 spiro atoms. The molecule has 100 valence electrons. The van der Waals surface area contributed by atoms with Gasteiger partial charge in [0.15, 0.2) is 0 Å². The first-order valence-corrected chi connectivity index (χ1v) is 6.40. The molecule has 0 radical (unpaired) electrons. The lowest BCUT2D eigenvalue weighted by atomic mass is 10.0. The zero-order valence-electron chi connectivity index (χ0n) is 11.5. The first kappa shape index (κ1) is 13.3. The van der Waals surface area contributed by atoms with Gasteiger partial charge in [-0.1, -0.05) is 25.1 Å². The van der Waals surface area contributed by atoms with E-state index in [1.54, 1.807) is 10.8 Å². The zero-order chi connectivity index (χ0) is 14.0. The Kier molecular flexibility index (Phi) is 3.69. The van der Waals surface area contributed by atoms with E-state index >= 15 is 0 Å². The van der Waals surface area contributed by atoms with Crippen molar-refractivity contribution in [2.45, 2.75) is 33.7 Å². The van der Waals surface area contributed by atoms with Crippen LogP contribution in [0.5, 0.6) is 0 Å². The van der Waals surface area contributed by atoms with Crippen molar-refractivity contribution >= 4 is 0 Å². The largest absolute Gasteiger partial charge is 0.328 e. The molecule has 19 heavy (non-hydrogen) atoms. The minimum absolute atomic E-state index is 0.287. The number of aromatic nitrogens is 2. The number of aryl methyl sites for hydroxylation is 3. The molecule has 2 aromatic rings. The van der Waals surface area contributed by atoms with Gasteiger partial charge in [-0.15, -0.1) is 0 Å². The Hall–Kier alpha value is -2.10. The molecule has 0 saturated carbocycles. The highest BCUT2D eigenvalue weighted by molar-refractivity contribution is 5.33. The van der Waals surface area contributed by atoms with Gasteiger partial charge < -0.3 is 0 Å². The molecule has 1 N–H and O–H groups in total. The van der Waals surface area contributed by atoms with Gasteiger partial charge in [0.2, 0.25) is 0 Å². The van der Waals surface area contributed by atoms with E-state index < -0.39 is 0 Å². The number of H-pyrrole nitrogens is 1. The Morgan fingerprint density at radius 1 is 1.16 bits per heavy atom. The van der Waals surface area contributed by atoms with Crippen LogP contribution >= 0.6 is 0 Å². The van der Waals surface area contributed by atoms with Crippen molar-refractivity contribution < 1.29 is 0 Å². The summed E-state index contributed by atoms with van der Waals surface area (Å²) in [5.74, 6) is 0. The summed E-state index contributed by atoms with van der Waals surface area (Å²) in [5.41, 5.74) is 3.41. The molecule has 4 nitrogen and oxygen atoms in total. The van der Waals surface area contributed by atoms with Gasteiger partial charge in [0, 0.05) is 11.8 Å². The average Bonchev–Trinajstić information content (AvgIpc) is 2.36. The predicted octanol–water partition coefficient (Wildman–Crippen LogP) is 1.76. The highest BCUT2D eigenvalue weighted by atomic mass is 16.2. The Morgan fingerprint density at radius 3 is 2.37 bits per heavy atom. The molecule has 0 amide bonds. The molecular formula is C15H18N2O2. The maximum Gasteiger partial charge on any atom is 0.328 e. The van der Waals surface area contributed by atoms with Crippen LogP contribution in [0, 0.1) is 13.8 Å². The van der Waals surface area contributed by atoms with Crippen molar-refractivity contribution in [1.29, 1.82) is 0 Å². The van der Waals surface area contributed by atoms with Crippen LogP contribution in [0.2, 0.25) is 0 Å². The lowest BCUT2D eigenvalue weighted by molar-refractivity contribution is 0.702. The van der Waals surface area contributed by atoms with Gasteiger partial charge in [-0.05, 0) is 37.0 Å². The lowest BCUT2D eigenvalue weighted by Gasteiger charge is -2.12. The van der Waals surface area contributed by atoms with E-state index in [4.69, 9.17) is 0 Å². The molecule has 0 bridgehead atoms. The summed E-state index contributed by atoms with van der Waals surface area (Å²) < 4.78 is 1.57. The number of nitrogens with one attached hydrogen (secondary N) is 1. The third-order valence-electron chi connectivity index (χ3n) is 3.44. The number of benzene rings is 1. The van der Waals surface area contributed by atoms with Crippen molar-refractivity contribution in [2.75, 3.05) is 0 Å². The Labute approximate surface area is 111 Å². The van der Waals surface area contributed by atoms with Crippen molar-refractivity contribution in [1.82, 2.24) is 9.55 Å². The smallest absolute Gasteiger partial charge is 0.296 e. The fraction of sp³-hybridized carbons (Fsp3) is 0.333. The summed E-state index contributed by atoms with van der Waals surface area (Å²) in [6.45, 7) is 6.44. The van der Waals surface area contributed by atoms with Gasteiger partial charge in [0.25, 0.3) is 5.56 Å². The monoisotopic (exact) mass is 258 g/mol. The SMILES string of the molecule is CCc1cn(Cc2c(C)cccc2C)c(=O)[nH]c1=O. The van der Waals surface area contributed by atoms with E-state index in [9.17, 15) is 9.59 Å². The van der Waals surface area contributed by atoms with Crippen LogP contribution in [0.1, 0.15) is 29.2 Å². The molecule has 0 aliphatic heterocycles. The second-order valence-corrected chi connectivity index (χ2v) is 4.77. The fourth-order valence-electron chi connectivity index (χ4n) is 2.19. The van der Waals surface area contributed by atoms with E-state index in [1.165, 1.54) is 0 Å². The summed E-state index contributed by atoms with van der Waals surface area (Å²) in [6.07, 6.45) is 2.27. The average molecular weight is 258 g/mol. The highest BCUT2D eigenvalue weighted by Crippen LogP contribution is 2.13. The quantitative estimate of drug-likeness (QED) is 0.912. The van der Waals surface area contributed by atoms with Crippen LogP contribution in [0.4, 0.5) is 0 Å². The van der Waals surface area contributed by atoms with E-state index in [1.807, 2.05) is 39.0 Å². The van der Waals surface area contributed by atoms with Crippen LogP contribution in [0.3, 0.4) is 0 Å². The zero-order valence-corrected chi connectivity index (χ0v) is 11.5. The summed E-state index contributed by atoms with van der Waals surface area (Å²) in [4.78, 5) is 25.8. The maximum absolute atomic E-state index is 11.8. The third kappa shape index (κ3) is 2.67. The molecule has 1 aromatic carbocycles. The molecule has 0 aliphatic rings. The molecule has 4 heteroatoms. The van der Waals surface area contributed by atoms with Crippen molar-refractivity contribution in [3.63, 3.8) is 0 Å². The van der Waals surface area contributed by atoms with E-state index in [0.29, 0.717) is 18.5 Å². The molecule has 0 unspecified atom stereocenters. The fourth-order valence-corrected chi connectivity index (χ4v) is 2.19. The van der Waals surface area contributed by atoms with Gasteiger partial charge in [0.05, 0.1) is 6.54 Å². The van der Waals surface area contributed by atoms with E-state index in [0.717, 1.165) is 16.7 Å². The standard InChI is InChI=1S/C15H18N2O2/c1-4-12-8-17(15(19)16-14(12)18)9-13-10(2)6-5-7-11(13)3/h5-8H,4,9H2,1-3H3,(H,16,18,19). The van der Waals surface area contributed by atoms with E-state index in [-0.39, 0.29) is 11.2 Å². The Balaban J connectivity index is 2.50. The topological polar surface area (TPSA) is 54.9 Å². The highest BCUT2D eigenvalue weighted by Gasteiger charge is 2.07. The summed E-state index contributed by atoms with van der Waals surface area (Å²) in [5, 5.41) is 0. The normalized spacial score (nSPS) is 10.7. The van der Waals surface area contributed by atoms with Gasteiger partial charge >= 0.3 is 5.69 Å². The first-order chi connectivity index (χ1) is 9.02. The Bertz CT molecular complexity index is 691. The number of hydrogen-bond acceptors (Lipinski definition) is 2. The van der Waals surface area contributed by atoms with Crippen LogP contribution in [0.15, 0.2) is 34.0 Å². The van der Waals surface area contributed by atoms with Crippen LogP contribution < -0.4 is 11.2 Å². The Morgan fingerprint density at radius 2 is 1.79 bits per heavy atom. The number of rotatable bonds is 3. The summed E-state index contributed by atoms with van der Waals surface area (Å²) >= 11 is 0. The first-order valence-electron chi connectivity index (χ1n) is 6.40. The van der Waals surface area contributed by atoms with Gasteiger partial charge in [0.1, 0.15) is 0 Å². The molecule has 1 aromatic heterocycles. The van der Waals surface area contributed by atoms with Gasteiger partial charge in [-0.2, -0.15) is 0 Å². The predicted molar refractivity (Wildman–Crippen MR) is 75.7 cm³/mol. The van der Waals surface area contributed by atoms with E-state index in [2.05, 4.69) is 4.98 Å². The second kappa shape index (κ2) is 5.26. The molecule has 0 atom stereocenters. The van der Waals surface area contributed by atoms with Crippen molar-refractivity contribution in [3.8, 4) is 0 Å². The minimum Gasteiger partial charge on any atom is -0.296 e. The minimum atomic E-state index is -0.357. The molecule has 0 aliphatic carbocycles.